The summed E-state index contributed by atoms with van der Waals surface area (Å²) in [5.74, 6) is 0. The van der Waals surface area contributed by atoms with Crippen molar-refractivity contribution in [2.45, 2.75) is 64.0 Å². The number of nitrogens with one attached hydrogen (secondary N) is 1. The fraction of sp³-hybridized carbons (Fsp3) is 0.625. The topological polar surface area (TPSA) is 38.0 Å². The van der Waals surface area contributed by atoms with Gasteiger partial charge in [-0.3, -0.25) is 0 Å². The molecule has 100 valence electrons. The van der Waals surface area contributed by atoms with E-state index in [-0.39, 0.29) is 5.41 Å². The molecular formula is C16H26N2. The Morgan fingerprint density at radius 1 is 1.00 bits per heavy atom. The van der Waals surface area contributed by atoms with Crippen LogP contribution in [-0.2, 0) is 5.41 Å². The van der Waals surface area contributed by atoms with Crippen molar-refractivity contribution in [3.05, 3.63) is 29.8 Å². The third kappa shape index (κ3) is 3.49. The Labute approximate surface area is 111 Å². The van der Waals surface area contributed by atoms with Gasteiger partial charge in [0, 0.05) is 17.8 Å². The van der Waals surface area contributed by atoms with E-state index in [1.54, 1.807) is 0 Å². The molecule has 1 fully saturated rings. The zero-order chi connectivity index (χ0) is 13.2. The van der Waals surface area contributed by atoms with Crippen LogP contribution in [0.5, 0.6) is 0 Å². The average molecular weight is 246 g/mol. The predicted molar refractivity (Wildman–Crippen MR) is 79.0 cm³/mol. The molecule has 0 saturated heterocycles. The highest BCUT2D eigenvalue weighted by Crippen LogP contribution is 2.25. The third-order valence-electron chi connectivity index (χ3n) is 3.89. The van der Waals surface area contributed by atoms with Gasteiger partial charge in [-0.1, -0.05) is 32.9 Å². The van der Waals surface area contributed by atoms with Gasteiger partial charge in [0.05, 0.1) is 0 Å². The molecule has 2 nitrogen and oxygen atoms in total. The van der Waals surface area contributed by atoms with Crippen molar-refractivity contribution >= 4 is 5.69 Å². The smallest absolute Gasteiger partial charge is 0.0342 e. The van der Waals surface area contributed by atoms with Crippen LogP contribution in [0.2, 0.25) is 0 Å². The zero-order valence-corrected chi connectivity index (χ0v) is 11.9. The lowest BCUT2D eigenvalue weighted by atomic mass is 9.87. The third-order valence-corrected chi connectivity index (χ3v) is 3.89. The summed E-state index contributed by atoms with van der Waals surface area (Å²) >= 11 is 0. The second-order valence-corrected chi connectivity index (χ2v) is 6.58. The molecule has 1 saturated carbocycles. The molecule has 0 heterocycles. The van der Waals surface area contributed by atoms with E-state index in [0.717, 1.165) is 12.8 Å². The Balaban J connectivity index is 1.94. The van der Waals surface area contributed by atoms with Crippen LogP contribution in [0.3, 0.4) is 0 Å². The Hall–Kier alpha value is -1.02. The van der Waals surface area contributed by atoms with Gasteiger partial charge in [-0.15, -0.1) is 0 Å². The molecule has 0 radical (unpaired) electrons. The van der Waals surface area contributed by atoms with Crippen molar-refractivity contribution in [2.24, 2.45) is 5.73 Å². The zero-order valence-electron chi connectivity index (χ0n) is 11.9. The maximum absolute atomic E-state index is 5.93. The molecule has 0 aromatic heterocycles. The normalized spacial score (nSPS) is 24.9. The van der Waals surface area contributed by atoms with E-state index in [1.165, 1.54) is 24.1 Å². The Kier molecular flexibility index (Phi) is 3.96. The molecule has 0 aliphatic heterocycles. The molecule has 18 heavy (non-hydrogen) atoms. The van der Waals surface area contributed by atoms with E-state index < -0.39 is 0 Å². The maximum atomic E-state index is 5.93. The number of hydrogen-bond donors (Lipinski definition) is 2. The lowest BCUT2D eigenvalue weighted by molar-refractivity contribution is 0.411. The molecule has 1 aliphatic rings. The molecule has 1 aromatic carbocycles. The highest BCUT2D eigenvalue weighted by atomic mass is 14.9. The highest BCUT2D eigenvalue weighted by molar-refractivity contribution is 5.46. The number of anilines is 1. The minimum Gasteiger partial charge on any atom is -0.382 e. The first-order valence-corrected chi connectivity index (χ1v) is 7.08. The lowest BCUT2D eigenvalue weighted by Gasteiger charge is -2.28. The molecule has 0 bridgehead atoms. The van der Waals surface area contributed by atoms with Crippen LogP contribution in [0.15, 0.2) is 24.3 Å². The van der Waals surface area contributed by atoms with Crippen LogP contribution in [0.4, 0.5) is 5.69 Å². The Bertz CT molecular complexity index is 367. The highest BCUT2D eigenvalue weighted by Gasteiger charge is 2.18. The summed E-state index contributed by atoms with van der Waals surface area (Å²) in [6, 6.07) is 9.90. The van der Waals surface area contributed by atoms with Gasteiger partial charge in [0.25, 0.3) is 0 Å². The van der Waals surface area contributed by atoms with Gasteiger partial charge in [-0.05, 0) is 48.8 Å². The fourth-order valence-electron chi connectivity index (χ4n) is 2.57. The largest absolute Gasteiger partial charge is 0.382 e. The van der Waals surface area contributed by atoms with Gasteiger partial charge in [0.15, 0.2) is 0 Å². The van der Waals surface area contributed by atoms with Gasteiger partial charge in [-0.25, -0.2) is 0 Å². The molecular weight excluding hydrogens is 220 g/mol. The first kappa shape index (κ1) is 13.4. The van der Waals surface area contributed by atoms with Crippen molar-refractivity contribution in [2.75, 3.05) is 5.32 Å². The summed E-state index contributed by atoms with van der Waals surface area (Å²) in [5, 5.41) is 3.62. The average Bonchev–Trinajstić information content (AvgIpc) is 2.32. The molecule has 0 atom stereocenters. The van der Waals surface area contributed by atoms with E-state index in [1.807, 2.05) is 0 Å². The monoisotopic (exact) mass is 246 g/mol. The Morgan fingerprint density at radius 2 is 1.56 bits per heavy atom. The minimum atomic E-state index is 0.232. The van der Waals surface area contributed by atoms with Crippen molar-refractivity contribution in [1.29, 1.82) is 0 Å². The summed E-state index contributed by atoms with van der Waals surface area (Å²) in [6.07, 6.45) is 4.69. The van der Waals surface area contributed by atoms with Crippen LogP contribution >= 0.6 is 0 Å². The van der Waals surface area contributed by atoms with Crippen LogP contribution in [0, 0.1) is 0 Å². The molecule has 1 aliphatic carbocycles. The number of benzene rings is 1. The van der Waals surface area contributed by atoms with Crippen molar-refractivity contribution in [3.63, 3.8) is 0 Å². The predicted octanol–water partition coefficient (Wildman–Crippen LogP) is 3.67. The summed E-state index contributed by atoms with van der Waals surface area (Å²) in [7, 11) is 0. The molecule has 1 aromatic rings. The quantitative estimate of drug-likeness (QED) is 0.835. The number of hydrogen-bond acceptors (Lipinski definition) is 2. The second-order valence-electron chi connectivity index (χ2n) is 6.58. The first-order valence-electron chi connectivity index (χ1n) is 7.08. The number of rotatable bonds is 2. The van der Waals surface area contributed by atoms with E-state index in [9.17, 15) is 0 Å². The minimum absolute atomic E-state index is 0.232. The molecule has 3 N–H and O–H groups in total. The van der Waals surface area contributed by atoms with Crippen LogP contribution in [-0.4, -0.2) is 12.1 Å². The van der Waals surface area contributed by atoms with Crippen molar-refractivity contribution < 1.29 is 0 Å². The van der Waals surface area contributed by atoms with Crippen molar-refractivity contribution in [1.82, 2.24) is 0 Å². The standard InChI is InChI=1S/C16H26N2/c1-16(2,3)12-4-8-14(9-5-12)18-15-10-6-13(17)7-11-15/h4-5,8-9,13,15,18H,6-7,10-11,17H2,1-3H3. The van der Waals surface area contributed by atoms with E-state index in [0.29, 0.717) is 12.1 Å². The summed E-state index contributed by atoms with van der Waals surface area (Å²) in [4.78, 5) is 0. The SMILES string of the molecule is CC(C)(C)c1ccc(NC2CCC(N)CC2)cc1. The maximum Gasteiger partial charge on any atom is 0.0342 e. The molecule has 2 rings (SSSR count). The summed E-state index contributed by atoms with van der Waals surface area (Å²) < 4.78 is 0. The molecule has 0 amide bonds. The van der Waals surface area contributed by atoms with E-state index >= 15 is 0 Å². The van der Waals surface area contributed by atoms with Crippen LogP contribution in [0.25, 0.3) is 0 Å². The molecule has 0 spiro atoms. The number of nitrogens with two attached hydrogens (primary N) is 1. The summed E-state index contributed by atoms with van der Waals surface area (Å²) in [6.45, 7) is 6.74. The van der Waals surface area contributed by atoms with Gasteiger partial charge in [0.2, 0.25) is 0 Å². The second kappa shape index (κ2) is 5.31. The first-order chi connectivity index (χ1) is 8.45. The lowest BCUT2D eigenvalue weighted by Crippen LogP contribution is -2.32. The molecule has 0 unspecified atom stereocenters. The van der Waals surface area contributed by atoms with Gasteiger partial charge in [-0.2, -0.15) is 0 Å². The van der Waals surface area contributed by atoms with Gasteiger partial charge in [0.1, 0.15) is 0 Å². The Morgan fingerprint density at radius 3 is 2.06 bits per heavy atom. The summed E-state index contributed by atoms with van der Waals surface area (Å²) in [5.41, 5.74) is 8.79. The van der Waals surface area contributed by atoms with Crippen LogP contribution < -0.4 is 11.1 Å². The van der Waals surface area contributed by atoms with E-state index in [2.05, 4.69) is 50.4 Å². The van der Waals surface area contributed by atoms with E-state index in [4.69, 9.17) is 5.73 Å². The van der Waals surface area contributed by atoms with Gasteiger partial charge >= 0.3 is 0 Å². The van der Waals surface area contributed by atoms with Gasteiger partial charge < -0.3 is 11.1 Å². The van der Waals surface area contributed by atoms with Crippen LogP contribution in [0.1, 0.15) is 52.0 Å². The fourth-order valence-corrected chi connectivity index (χ4v) is 2.57. The van der Waals surface area contributed by atoms with Crippen molar-refractivity contribution in [3.8, 4) is 0 Å². The molecule has 2 heteroatoms.